The van der Waals surface area contributed by atoms with Gasteiger partial charge in [0.25, 0.3) is 0 Å². The quantitative estimate of drug-likeness (QED) is 0.469. The Kier molecular flexibility index (Phi) is 4.35. The number of Topliss-reactive ketones (excluding diaryl/α,β-unsaturated/α-hetero) is 2. The van der Waals surface area contributed by atoms with E-state index in [1.54, 1.807) is 18.2 Å². The number of halogens is 1. The second-order valence-electron chi connectivity index (χ2n) is 3.55. The normalized spacial score (nSPS) is 10.5. The Balaban J connectivity index is 3.23. The fraction of sp³-hybridized carbons (Fsp3) is 0.154. The highest BCUT2D eigenvalue weighted by Crippen LogP contribution is 2.15. The predicted octanol–water partition coefficient (Wildman–Crippen LogP) is 2.87. The lowest BCUT2D eigenvalue weighted by molar-refractivity contribution is -0.107. The van der Waals surface area contributed by atoms with Crippen molar-refractivity contribution >= 4 is 34.5 Å². The van der Waals surface area contributed by atoms with Crippen molar-refractivity contribution in [2.45, 2.75) is 13.8 Å². The summed E-state index contributed by atoms with van der Waals surface area (Å²) in [6.07, 6.45) is 2.68. The van der Waals surface area contributed by atoms with E-state index in [-0.39, 0.29) is 11.6 Å². The monoisotopic (exact) mass is 250 g/mol. The highest BCUT2D eigenvalue weighted by Gasteiger charge is 2.11. The van der Waals surface area contributed by atoms with Crippen molar-refractivity contribution in [3.63, 3.8) is 0 Å². The molecule has 0 aliphatic rings. The molecule has 0 saturated carbocycles. The van der Waals surface area contributed by atoms with Crippen LogP contribution in [0.2, 0.25) is 0 Å². The standard InChI is InChI=1S/C13H11ClO3/c1-8(15)11-5-3-10(4-6-13(14)17)7-12(11)9(2)16/h3-7H,1-2H3/b6-4+. The van der Waals surface area contributed by atoms with E-state index in [1.165, 1.54) is 26.0 Å². The van der Waals surface area contributed by atoms with E-state index in [9.17, 15) is 14.4 Å². The smallest absolute Gasteiger partial charge is 0.245 e. The number of carbonyl (C=O) groups is 3. The minimum Gasteiger partial charge on any atom is -0.294 e. The minimum atomic E-state index is -0.593. The van der Waals surface area contributed by atoms with Crippen LogP contribution in [-0.2, 0) is 4.79 Å². The molecule has 0 atom stereocenters. The van der Waals surface area contributed by atoms with Gasteiger partial charge in [0.1, 0.15) is 0 Å². The molecule has 1 aromatic carbocycles. The molecule has 0 heterocycles. The number of hydrogen-bond donors (Lipinski definition) is 0. The maximum Gasteiger partial charge on any atom is 0.245 e. The zero-order valence-corrected chi connectivity index (χ0v) is 10.2. The molecule has 1 aromatic rings. The Morgan fingerprint density at radius 1 is 1.06 bits per heavy atom. The first kappa shape index (κ1) is 13.3. The summed E-state index contributed by atoms with van der Waals surface area (Å²) in [6, 6.07) is 4.78. The number of benzene rings is 1. The molecule has 0 spiro atoms. The SMILES string of the molecule is CC(=O)c1ccc(/C=C/C(=O)Cl)cc1C(C)=O. The molecule has 0 saturated heterocycles. The van der Waals surface area contributed by atoms with E-state index in [0.29, 0.717) is 16.7 Å². The first-order valence-electron chi connectivity index (χ1n) is 4.95. The van der Waals surface area contributed by atoms with Gasteiger partial charge in [0.15, 0.2) is 11.6 Å². The Morgan fingerprint density at radius 3 is 2.12 bits per heavy atom. The van der Waals surface area contributed by atoms with Gasteiger partial charge in [-0.2, -0.15) is 0 Å². The molecule has 0 radical (unpaired) electrons. The second kappa shape index (κ2) is 5.55. The van der Waals surface area contributed by atoms with Gasteiger partial charge in [-0.05, 0) is 43.2 Å². The lowest BCUT2D eigenvalue weighted by Gasteiger charge is -2.04. The van der Waals surface area contributed by atoms with Crippen LogP contribution in [0.4, 0.5) is 0 Å². The molecular weight excluding hydrogens is 240 g/mol. The highest BCUT2D eigenvalue weighted by atomic mass is 35.5. The predicted molar refractivity (Wildman–Crippen MR) is 66.3 cm³/mol. The summed E-state index contributed by atoms with van der Waals surface area (Å²) in [7, 11) is 0. The molecule has 0 aliphatic heterocycles. The molecule has 0 amide bonds. The maximum absolute atomic E-state index is 11.4. The van der Waals surface area contributed by atoms with Gasteiger partial charge in [-0.3, -0.25) is 14.4 Å². The summed E-state index contributed by atoms with van der Waals surface area (Å²) in [5.41, 5.74) is 1.38. The van der Waals surface area contributed by atoms with Crippen molar-refractivity contribution in [2.75, 3.05) is 0 Å². The zero-order chi connectivity index (χ0) is 13.0. The van der Waals surface area contributed by atoms with Crippen molar-refractivity contribution in [3.05, 3.63) is 41.0 Å². The van der Waals surface area contributed by atoms with Crippen LogP contribution in [0.25, 0.3) is 6.08 Å². The van der Waals surface area contributed by atoms with Crippen LogP contribution in [0.15, 0.2) is 24.3 Å². The number of rotatable bonds is 4. The van der Waals surface area contributed by atoms with Crippen molar-refractivity contribution in [1.82, 2.24) is 0 Å². The highest BCUT2D eigenvalue weighted by molar-refractivity contribution is 6.66. The summed E-state index contributed by atoms with van der Waals surface area (Å²) in [5.74, 6) is -0.359. The van der Waals surface area contributed by atoms with Crippen LogP contribution < -0.4 is 0 Å². The zero-order valence-electron chi connectivity index (χ0n) is 9.49. The van der Waals surface area contributed by atoms with Gasteiger partial charge in [0.2, 0.25) is 5.24 Å². The van der Waals surface area contributed by atoms with Gasteiger partial charge in [-0.25, -0.2) is 0 Å². The van der Waals surface area contributed by atoms with E-state index in [0.717, 1.165) is 0 Å². The summed E-state index contributed by atoms with van der Waals surface area (Å²) in [5, 5.41) is -0.593. The largest absolute Gasteiger partial charge is 0.294 e. The molecule has 0 fully saturated rings. The van der Waals surface area contributed by atoms with Gasteiger partial charge in [-0.15, -0.1) is 0 Å². The van der Waals surface area contributed by atoms with Crippen molar-refractivity contribution in [1.29, 1.82) is 0 Å². The summed E-state index contributed by atoms with van der Waals surface area (Å²) in [4.78, 5) is 33.3. The fourth-order valence-corrected chi connectivity index (χ4v) is 1.49. The first-order chi connectivity index (χ1) is 7.91. The Labute approximate surface area is 104 Å². The second-order valence-corrected chi connectivity index (χ2v) is 3.93. The molecule has 88 valence electrons. The number of carbonyl (C=O) groups excluding carboxylic acids is 3. The average molecular weight is 251 g/mol. The molecule has 0 N–H and O–H groups in total. The molecule has 17 heavy (non-hydrogen) atoms. The van der Waals surface area contributed by atoms with E-state index >= 15 is 0 Å². The number of allylic oxidation sites excluding steroid dienone is 1. The molecule has 1 rings (SSSR count). The van der Waals surface area contributed by atoms with Gasteiger partial charge < -0.3 is 0 Å². The Hall–Kier alpha value is -1.74. The molecule has 0 aliphatic carbocycles. The Morgan fingerprint density at radius 2 is 1.65 bits per heavy atom. The van der Waals surface area contributed by atoms with E-state index in [2.05, 4.69) is 0 Å². The molecule has 3 nitrogen and oxygen atoms in total. The maximum atomic E-state index is 11.4. The number of hydrogen-bond acceptors (Lipinski definition) is 3. The van der Waals surface area contributed by atoms with Crippen LogP contribution in [-0.4, -0.2) is 16.8 Å². The van der Waals surface area contributed by atoms with Crippen molar-refractivity contribution in [2.24, 2.45) is 0 Å². The van der Waals surface area contributed by atoms with Crippen LogP contribution >= 0.6 is 11.6 Å². The fourth-order valence-electron chi connectivity index (χ4n) is 1.43. The van der Waals surface area contributed by atoms with E-state index < -0.39 is 5.24 Å². The third kappa shape index (κ3) is 3.64. The van der Waals surface area contributed by atoms with Gasteiger partial charge >= 0.3 is 0 Å². The first-order valence-corrected chi connectivity index (χ1v) is 5.33. The molecular formula is C13H11ClO3. The van der Waals surface area contributed by atoms with Gasteiger partial charge in [0, 0.05) is 11.1 Å². The van der Waals surface area contributed by atoms with Crippen LogP contribution in [0.3, 0.4) is 0 Å². The van der Waals surface area contributed by atoms with E-state index in [1.807, 2.05) is 0 Å². The lowest BCUT2D eigenvalue weighted by Crippen LogP contribution is -2.04. The molecule has 0 unspecified atom stereocenters. The van der Waals surface area contributed by atoms with Crippen LogP contribution in [0.5, 0.6) is 0 Å². The van der Waals surface area contributed by atoms with Crippen LogP contribution in [0, 0.1) is 0 Å². The minimum absolute atomic E-state index is 0.167. The molecule has 0 aromatic heterocycles. The third-order valence-electron chi connectivity index (χ3n) is 2.21. The topological polar surface area (TPSA) is 51.2 Å². The van der Waals surface area contributed by atoms with Crippen molar-refractivity contribution < 1.29 is 14.4 Å². The van der Waals surface area contributed by atoms with Gasteiger partial charge in [0.05, 0.1) is 0 Å². The van der Waals surface area contributed by atoms with Crippen LogP contribution in [0.1, 0.15) is 40.1 Å². The van der Waals surface area contributed by atoms with Gasteiger partial charge in [-0.1, -0.05) is 18.2 Å². The third-order valence-corrected chi connectivity index (χ3v) is 2.34. The molecule has 4 heteroatoms. The Bertz CT molecular complexity index is 515. The van der Waals surface area contributed by atoms with E-state index in [4.69, 9.17) is 11.6 Å². The summed E-state index contributed by atoms with van der Waals surface area (Å²) >= 11 is 5.16. The molecule has 0 bridgehead atoms. The summed E-state index contributed by atoms with van der Waals surface area (Å²) in [6.45, 7) is 2.79. The van der Waals surface area contributed by atoms with Crippen molar-refractivity contribution in [3.8, 4) is 0 Å². The number of ketones is 2. The lowest BCUT2D eigenvalue weighted by atomic mass is 9.98. The summed E-state index contributed by atoms with van der Waals surface area (Å²) < 4.78 is 0. The average Bonchev–Trinajstić information content (AvgIpc) is 2.25.